The lowest BCUT2D eigenvalue weighted by atomic mass is 10.0. The van der Waals surface area contributed by atoms with Crippen molar-refractivity contribution in [3.8, 4) is 0 Å². The Kier molecular flexibility index (Phi) is 5.04. The Morgan fingerprint density at radius 3 is 2.67 bits per heavy atom. The number of aliphatic hydroxyl groups excluding tert-OH is 1. The number of hydrogen-bond acceptors (Lipinski definition) is 5. The molecule has 154 valence electrons. The van der Waals surface area contributed by atoms with Crippen molar-refractivity contribution in [2.24, 2.45) is 0 Å². The molecule has 4 rings (SSSR count). The number of H-pyrrole nitrogens is 1. The number of amides is 1. The van der Waals surface area contributed by atoms with Crippen LogP contribution in [0.5, 0.6) is 0 Å². The van der Waals surface area contributed by atoms with E-state index in [2.05, 4.69) is 10.2 Å². The Labute approximate surface area is 169 Å². The zero-order chi connectivity index (χ0) is 21.4. The molecule has 1 amide bonds. The SMILES string of the molecule is O=C(O)[C@@H]1C[C@H](O)CN1C(=O)c1cc(Cc2n[nH]c(=O)c3ccccc23)ccc1F. The Morgan fingerprint density at radius 1 is 1.20 bits per heavy atom. The number of likely N-dealkylation sites (tertiary alicyclic amines) is 1. The third-order valence-electron chi connectivity index (χ3n) is 5.23. The number of fused-ring (bicyclic) bond motifs is 1. The molecule has 1 aromatic heterocycles. The second kappa shape index (κ2) is 7.68. The van der Waals surface area contributed by atoms with Crippen LogP contribution in [0.3, 0.4) is 0 Å². The predicted molar refractivity (Wildman–Crippen MR) is 105 cm³/mol. The number of benzene rings is 2. The third kappa shape index (κ3) is 3.55. The van der Waals surface area contributed by atoms with Gasteiger partial charge in [0.25, 0.3) is 11.5 Å². The van der Waals surface area contributed by atoms with Gasteiger partial charge >= 0.3 is 5.97 Å². The van der Waals surface area contributed by atoms with Crippen LogP contribution < -0.4 is 5.56 Å². The van der Waals surface area contributed by atoms with E-state index in [-0.39, 0.29) is 30.5 Å². The first kappa shape index (κ1) is 19.7. The topological polar surface area (TPSA) is 124 Å². The highest BCUT2D eigenvalue weighted by Gasteiger charge is 2.39. The fourth-order valence-electron chi connectivity index (χ4n) is 3.77. The molecule has 30 heavy (non-hydrogen) atoms. The second-order valence-corrected chi connectivity index (χ2v) is 7.24. The van der Waals surface area contributed by atoms with Crippen molar-refractivity contribution in [2.45, 2.75) is 25.0 Å². The number of halogens is 1. The van der Waals surface area contributed by atoms with Gasteiger partial charge < -0.3 is 15.1 Å². The monoisotopic (exact) mass is 411 g/mol. The maximum atomic E-state index is 14.4. The molecule has 1 aliphatic heterocycles. The number of carboxylic acids is 1. The van der Waals surface area contributed by atoms with Crippen molar-refractivity contribution in [1.29, 1.82) is 0 Å². The molecule has 2 atom stereocenters. The van der Waals surface area contributed by atoms with Gasteiger partial charge in [0.05, 0.1) is 22.7 Å². The molecule has 1 aliphatic rings. The van der Waals surface area contributed by atoms with Gasteiger partial charge in [0.1, 0.15) is 11.9 Å². The second-order valence-electron chi connectivity index (χ2n) is 7.24. The standard InChI is InChI=1S/C21H18FN3O5/c22-16-6-5-11(8-17-13-3-1-2-4-14(13)19(27)24-23-17)7-15(16)20(28)25-10-12(26)9-18(25)21(29)30/h1-7,12,18,26H,8-10H2,(H,24,27)(H,29,30)/t12-,18-/m0/s1. The van der Waals surface area contributed by atoms with Gasteiger partial charge in [-0.2, -0.15) is 5.10 Å². The maximum Gasteiger partial charge on any atom is 0.326 e. The van der Waals surface area contributed by atoms with Gasteiger partial charge in [0, 0.05) is 24.8 Å². The van der Waals surface area contributed by atoms with Crippen LogP contribution in [0.15, 0.2) is 47.3 Å². The van der Waals surface area contributed by atoms with E-state index in [4.69, 9.17) is 0 Å². The number of aromatic amines is 1. The molecule has 0 unspecified atom stereocenters. The molecule has 1 saturated heterocycles. The first-order chi connectivity index (χ1) is 14.3. The van der Waals surface area contributed by atoms with Crippen LogP contribution in [-0.2, 0) is 11.2 Å². The van der Waals surface area contributed by atoms with Crippen LogP contribution in [0.1, 0.15) is 28.0 Å². The smallest absolute Gasteiger partial charge is 0.326 e. The van der Waals surface area contributed by atoms with E-state index >= 15 is 0 Å². The van der Waals surface area contributed by atoms with E-state index in [0.717, 1.165) is 11.0 Å². The number of carboxylic acid groups (broad SMARTS) is 1. The highest BCUT2D eigenvalue weighted by atomic mass is 19.1. The van der Waals surface area contributed by atoms with E-state index in [9.17, 15) is 29.0 Å². The molecule has 0 saturated carbocycles. The quantitative estimate of drug-likeness (QED) is 0.595. The zero-order valence-electron chi connectivity index (χ0n) is 15.7. The fraction of sp³-hybridized carbons (Fsp3) is 0.238. The highest BCUT2D eigenvalue weighted by Crippen LogP contribution is 2.24. The fourth-order valence-corrected chi connectivity index (χ4v) is 3.77. The molecule has 3 aromatic rings. The number of rotatable bonds is 4. The average molecular weight is 411 g/mol. The van der Waals surface area contributed by atoms with Crippen molar-refractivity contribution in [3.05, 3.63) is 75.5 Å². The normalized spacial score (nSPS) is 18.7. The first-order valence-corrected chi connectivity index (χ1v) is 9.31. The molecule has 0 bridgehead atoms. The molecule has 0 radical (unpaired) electrons. The van der Waals surface area contributed by atoms with Gasteiger partial charge in [-0.1, -0.05) is 24.3 Å². The number of nitrogens with one attached hydrogen (secondary N) is 1. The number of aromatic nitrogens is 2. The summed E-state index contributed by atoms with van der Waals surface area (Å²) in [5.74, 6) is -2.83. The minimum atomic E-state index is -1.25. The molecule has 0 spiro atoms. The summed E-state index contributed by atoms with van der Waals surface area (Å²) in [5.41, 5.74) is 0.518. The summed E-state index contributed by atoms with van der Waals surface area (Å²) in [5, 5.41) is 26.7. The number of β-amino-alcohol motifs (C(OH)–C–C–N with tert-alkyl or cyclic N) is 1. The largest absolute Gasteiger partial charge is 0.480 e. The van der Waals surface area contributed by atoms with Gasteiger partial charge in [-0.15, -0.1) is 0 Å². The Morgan fingerprint density at radius 2 is 1.93 bits per heavy atom. The number of aliphatic hydroxyl groups is 1. The van der Waals surface area contributed by atoms with Crippen molar-refractivity contribution < 1.29 is 24.2 Å². The maximum absolute atomic E-state index is 14.4. The summed E-state index contributed by atoms with van der Waals surface area (Å²) in [6.45, 7) is -0.175. The van der Waals surface area contributed by atoms with Gasteiger partial charge in [-0.05, 0) is 23.8 Å². The zero-order valence-corrected chi connectivity index (χ0v) is 15.7. The molecule has 9 heteroatoms. The molecule has 2 heterocycles. The Bertz CT molecular complexity index is 1210. The molecule has 8 nitrogen and oxygen atoms in total. The van der Waals surface area contributed by atoms with Crippen LogP contribution in [0.4, 0.5) is 4.39 Å². The number of carbonyl (C=O) groups excluding carboxylic acids is 1. The average Bonchev–Trinajstić information content (AvgIpc) is 3.13. The Hall–Kier alpha value is -3.59. The van der Waals surface area contributed by atoms with E-state index < -0.39 is 29.8 Å². The van der Waals surface area contributed by atoms with Crippen molar-refractivity contribution in [2.75, 3.05) is 6.54 Å². The number of nitrogens with zero attached hydrogens (tertiary/aromatic N) is 2. The summed E-state index contributed by atoms with van der Waals surface area (Å²) in [6.07, 6.45) is -0.851. The van der Waals surface area contributed by atoms with Gasteiger partial charge in [0.2, 0.25) is 0 Å². The summed E-state index contributed by atoms with van der Waals surface area (Å²) in [6, 6.07) is 9.72. The van der Waals surface area contributed by atoms with Crippen LogP contribution in [0, 0.1) is 5.82 Å². The summed E-state index contributed by atoms with van der Waals surface area (Å²) >= 11 is 0. The molecule has 1 fully saturated rings. The van der Waals surface area contributed by atoms with E-state index in [0.29, 0.717) is 22.0 Å². The Balaban J connectivity index is 1.68. The molecule has 2 aromatic carbocycles. The van der Waals surface area contributed by atoms with Crippen molar-refractivity contribution in [1.82, 2.24) is 15.1 Å². The van der Waals surface area contributed by atoms with Gasteiger partial charge in [-0.25, -0.2) is 14.3 Å². The third-order valence-corrected chi connectivity index (χ3v) is 5.23. The van der Waals surface area contributed by atoms with Gasteiger partial charge in [-0.3, -0.25) is 9.59 Å². The van der Waals surface area contributed by atoms with Crippen molar-refractivity contribution in [3.63, 3.8) is 0 Å². The van der Waals surface area contributed by atoms with E-state index in [1.807, 2.05) is 0 Å². The highest BCUT2D eigenvalue weighted by molar-refractivity contribution is 5.97. The minimum Gasteiger partial charge on any atom is -0.480 e. The molecule has 3 N–H and O–H groups in total. The number of aliphatic carboxylic acids is 1. The van der Waals surface area contributed by atoms with Crippen LogP contribution >= 0.6 is 0 Å². The van der Waals surface area contributed by atoms with Gasteiger partial charge in [0.15, 0.2) is 0 Å². The lowest BCUT2D eigenvalue weighted by Gasteiger charge is -2.21. The lowest BCUT2D eigenvalue weighted by molar-refractivity contribution is -0.141. The lowest BCUT2D eigenvalue weighted by Crippen LogP contribution is -2.41. The van der Waals surface area contributed by atoms with E-state index in [1.54, 1.807) is 24.3 Å². The number of carbonyl (C=O) groups is 2. The van der Waals surface area contributed by atoms with Crippen LogP contribution in [0.2, 0.25) is 0 Å². The number of hydrogen-bond donors (Lipinski definition) is 3. The van der Waals surface area contributed by atoms with Crippen LogP contribution in [0.25, 0.3) is 10.8 Å². The van der Waals surface area contributed by atoms with Crippen LogP contribution in [-0.4, -0.2) is 55.9 Å². The molecule has 0 aliphatic carbocycles. The summed E-state index contributed by atoms with van der Waals surface area (Å²) in [7, 11) is 0. The molecular formula is C21H18FN3O5. The summed E-state index contributed by atoms with van der Waals surface area (Å²) < 4.78 is 14.4. The van der Waals surface area contributed by atoms with E-state index in [1.165, 1.54) is 12.1 Å². The minimum absolute atomic E-state index is 0.102. The summed E-state index contributed by atoms with van der Waals surface area (Å²) in [4.78, 5) is 37.2. The first-order valence-electron chi connectivity index (χ1n) is 9.31. The molecular weight excluding hydrogens is 393 g/mol. The predicted octanol–water partition coefficient (Wildman–Crippen LogP) is 1.31. The van der Waals surface area contributed by atoms with Crippen molar-refractivity contribution >= 4 is 22.6 Å².